The van der Waals surface area contributed by atoms with Gasteiger partial charge in [-0.25, -0.2) is 0 Å². The molecule has 1 heterocycles. The summed E-state index contributed by atoms with van der Waals surface area (Å²) < 4.78 is 24.4. The highest BCUT2D eigenvalue weighted by Crippen LogP contribution is 2.34. The van der Waals surface area contributed by atoms with Crippen molar-refractivity contribution >= 4 is 0 Å². The van der Waals surface area contributed by atoms with E-state index in [0.29, 0.717) is 17.8 Å². The van der Waals surface area contributed by atoms with Crippen LogP contribution in [0, 0.1) is 17.8 Å². The lowest BCUT2D eigenvalue weighted by molar-refractivity contribution is -0.230. The molecule has 2 nitrogen and oxygen atoms in total. The molecule has 0 aromatic rings. The first-order valence-corrected chi connectivity index (χ1v) is 8.12. The molecule has 0 unspecified atom stereocenters. The van der Waals surface area contributed by atoms with E-state index in [-0.39, 0.29) is 13.0 Å². The minimum atomic E-state index is -0.154. The van der Waals surface area contributed by atoms with E-state index < -0.39 is 0 Å². The van der Waals surface area contributed by atoms with Gasteiger partial charge in [-0.15, -0.1) is 0 Å². The van der Waals surface area contributed by atoms with Gasteiger partial charge in [-0.1, -0.05) is 26.2 Å². The van der Waals surface area contributed by atoms with Crippen molar-refractivity contribution in [2.45, 2.75) is 64.6 Å². The molecule has 1 saturated carbocycles. The fourth-order valence-corrected chi connectivity index (χ4v) is 3.29. The van der Waals surface area contributed by atoms with E-state index in [9.17, 15) is 4.39 Å². The lowest BCUT2D eigenvalue weighted by Gasteiger charge is -2.37. The van der Waals surface area contributed by atoms with Crippen molar-refractivity contribution in [2.24, 2.45) is 17.8 Å². The van der Waals surface area contributed by atoms with Gasteiger partial charge in [0.15, 0.2) is 6.29 Å². The van der Waals surface area contributed by atoms with Crippen molar-refractivity contribution in [2.75, 3.05) is 19.9 Å². The summed E-state index contributed by atoms with van der Waals surface area (Å²) in [5, 5.41) is 0. The summed E-state index contributed by atoms with van der Waals surface area (Å²) in [7, 11) is 0. The van der Waals surface area contributed by atoms with Crippen molar-refractivity contribution in [1.82, 2.24) is 0 Å². The highest BCUT2D eigenvalue weighted by Gasteiger charge is 2.32. The molecule has 2 fully saturated rings. The molecular formula is C16H29FO2. The summed E-state index contributed by atoms with van der Waals surface area (Å²) >= 11 is 0. The Balaban J connectivity index is 1.63. The van der Waals surface area contributed by atoms with Crippen LogP contribution in [0.3, 0.4) is 0 Å². The zero-order valence-corrected chi connectivity index (χ0v) is 12.3. The van der Waals surface area contributed by atoms with Crippen LogP contribution in [0.4, 0.5) is 4.39 Å². The number of unbranched alkanes of at least 4 members (excludes halogenated alkanes) is 2. The number of halogens is 1. The maximum atomic E-state index is 12.6. The van der Waals surface area contributed by atoms with Gasteiger partial charge in [-0.05, 0) is 38.0 Å². The van der Waals surface area contributed by atoms with Gasteiger partial charge in [0.1, 0.15) is 0 Å². The summed E-state index contributed by atoms with van der Waals surface area (Å²) in [6, 6.07) is 0. The third kappa shape index (κ3) is 4.71. The Morgan fingerprint density at radius 1 is 0.947 bits per heavy atom. The monoisotopic (exact) mass is 272 g/mol. The number of alkyl halides is 1. The standard InChI is InChI=1S/C16H29FO2/c1-2-3-4-5-14-11-18-16(19-12-14)15-8-6-13(10-17)7-9-15/h13-16H,2-12H2,1H3. The van der Waals surface area contributed by atoms with E-state index >= 15 is 0 Å². The lowest BCUT2D eigenvalue weighted by atomic mass is 9.82. The van der Waals surface area contributed by atoms with Gasteiger partial charge < -0.3 is 9.47 Å². The van der Waals surface area contributed by atoms with E-state index in [1.165, 1.54) is 25.7 Å². The van der Waals surface area contributed by atoms with Crippen molar-refractivity contribution < 1.29 is 13.9 Å². The second kappa shape index (κ2) is 8.21. The third-order valence-corrected chi connectivity index (χ3v) is 4.70. The molecule has 0 amide bonds. The number of rotatable bonds is 6. The van der Waals surface area contributed by atoms with Crippen LogP contribution < -0.4 is 0 Å². The van der Waals surface area contributed by atoms with E-state index in [1.54, 1.807) is 0 Å². The maximum Gasteiger partial charge on any atom is 0.160 e. The van der Waals surface area contributed by atoms with Crippen LogP contribution in [-0.4, -0.2) is 26.2 Å². The Bertz CT molecular complexity index is 231. The second-order valence-electron chi connectivity index (χ2n) is 6.33. The van der Waals surface area contributed by atoms with Crippen LogP contribution in [0.2, 0.25) is 0 Å². The molecule has 19 heavy (non-hydrogen) atoms. The van der Waals surface area contributed by atoms with E-state index in [0.717, 1.165) is 38.9 Å². The first-order valence-electron chi connectivity index (χ1n) is 8.12. The molecule has 1 aliphatic heterocycles. The smallest absolute Gasteiger partial charge is 0.160 e. The Kier molecular flexibility index (Phi) is 6.58. The maximum absolute atomic E-state index is 12.6. The van der Waals surface area contributed by atoms with Gasteiger partial charge in [0.25, 0.3) is 0 Å². The van der Waals surface area contributed by atoms with Gasteiger partial charge in [0.05, 0.1) is 19.9 Å². The molecule has 1 saturated heterocycles. The summed E-state index contributed by atoms with van der Waals surface area (Å²) in [5.41, 5.74) is 0. The molecule has 0 bridgehead atoms. The first kappa shape index (κ1) is 15.2. The fraction of sp³-hybridized carbons (Fsp3) is 1.00. The molecule has 2 rings (SSSR count). The van der Waals surface area contributed by atoms with Gasteiger partial charge in [-0.3, -0.25) is 4.39 Å². The summed E-state index contributed by atoms with van der Waals surface area (Å²) in [6.45, 7) is 3.80. The summed E-state index contributed by atoms with van der Waals surface area (Å²) in [6.07, 6.45) is 9.24. The second-order valence-corrected chi connectivity index (χ2v) is 6.33. The number of ether oxygens (including phenoxy) is 2. The van der Waals surface area contributed by atoms with E-state index in [4.69, 9.17) is 9.47 Å². The van der Waals surface area contributed by atoms with Gasteiger partial charge in [0, 0.05) is 11.8 Å². The van der Waals surface area contributed by atoms with Crippen molar-refractivity contribution in [3.63, 3.8) is 0 Å². The third-order valence-electron chi connectivity index (χ3n) is 4.70. The van der Waals surface area contributed by atoms with Crippen LogP contribution >= 0.6 is 0 Å². The van der Waals surface area contributed by atoms with E-state index in [1.807, 2.05) is 0 Å². The molecule has 0 aromatic heterocycles. The van der Waals surface area contributed by atoms with Crippen LogP contribution in [0.15, 0.2) is 0 Å². The molecule has 0 N–H and O–H groups in total. The normalized spacial score (nSPS) is 36.3. The largest absolute Gasteiger partial charge is 0.352 e. The molecule has 0 radical (unpaired) electrons. The minimum Gasteiger partial charge on any atom is -0.352 e. The SMILES string of the molecule is CCCCCC1COC(C2CCC(CF)CC2)OC1. The van der Waals surface area contributed by atoms with Gasteiger partial charge >= 0.3 is 0 Å². The first-order chi connectivity index (χ1) is 9.33. The summed E-state index contributed by atoms with van der Waals surface area (Å²) in [4.78, 5) is 0. The van der Waals surface area contributed by atoms with Crippen LogP contribution in [0.1, 0.15) is 58.3 Å². The van der Waals surface area contributed by atoms with Crippen molar-refractivity contribution in [3.05, 3.63) is 0 Å². The predicted octanol–water partition coefficient (Wildman–Crippen LogP) is 4.33. The molecule has 2 aliphatic rings. The lowest BCUT2D eigenvalue weighted by Crippen LogP contribution is -2.38. The summed E-state index contributed by atoms with van der Waals surface area (Å²) in [5.74, 6) is 1.38. The molecule has 1 aliphatic carbocycles. The van der Waals surface area contributed by atoms with Gasteiger partial charge in [0.2, 0.25) is 0 Å². The Morgan fingerprint density at radius 3 is 2.21 bits per heavy atom. The molecule has 3 heteroatoms. The average Bonchev–Trinajstić information content (AvgIpc) is 2.48. The molecule has 0 spiro atoms. The molecular weight excluding hydrogens is 243 g/mol. The highest BCUT2D eigenvalue weighted by molar-refractivity contribution is 4.76. The van der Waals surface area contributed by atoms with Crippen LogP contribution in [0.25, 0.3) is 0 Å². The zero-order chi connectivity index (χ0) is 13.5. The zero-order valence-electron chi connectivity index (χ0n) is 12.3. The Labute approximate surface area is 117 Å². The molecule has 0 aromatic carbocycles. The van der Waals surface area contributed by atoms with Crippen molar-refractivity contribution in [3.8, 4) is 0 Å². The Hall–Kier alpha value is -0.150. The highest BCUT2D eigenvalue weighted by atomic mass is 19.1. The predicted molar refractivity (Wildman–Crippen MR) is 74.7 cm³/mol. The van der Waals surface area contributed by atoms with Crippen molar-refractivity contribution in [1.29, 1.82) is 0 Å². The van der Waals surface area contributed by atoms with Crippen LogP contribution in [0.5, 0.6) is 0 Å². The average molecular weight is 272 g/mol. The fourth-order valence-electron chi connectivity index (χ4n) is 3.29. The van der Waals surface area contributed by atoms with Gasteiger partial charge in [-0.2, -0.15) is 0 Å². The molecule has 0 atom stereocenters. The topological polar surface area (TPSA) is 18.5 Å². The minimum absolute atomic E-state index is 0.0111. The number of hydrogen-bond donors (Lipinski definition) is 0. The quantitative estimate of drug-likeness (QED) is 0.670. The van der Waals surface area contributed by atoms with E-state index in [2.05, 4.69) is 6.92 Å². The molecule has 112 valence electrons. The number of hydrogen-bond acceptors (Lipinski definition) is 2. The Morgan fingerprint density at radius 2 is 1.63 bits per heavy atom. The van der Waals surface area contributed by atoms with Crippen LogP contribution in [-0.2, 0) is 9.47 Å².